The van der Waals surface area contributed by atoms with E-state index < -0.39 is 0 Å². The molecule has 0 spiro atoms. The van der Waals surface area contributed by atoms with Gasteiger partial charge in [0.05, 0.1) is 6.61 Å². The van der Waals surface area contributed by atoms with Crippen molar-refractivity contribution in [2.45, 2.75) is 12.5 Å². The van der Waals surface area contributed by atoms with Crippen LogP contribution in [-0.2, 0) is 6.42 Å². The number of aliphatic hydroxyl groups excluding tert-OH is 1. The molecule has 0 aromatic heterocycles. The van der Waals surface area contributed by atoms with Crippen LogP contribution in [0.5, 0.6) is 0 Å². The fourth-order valence-electron chi connectivity index (χ4n) is 1.99. The first kappa shape index (κ1) is 17.2. The molecule has 2 rings (SSSR count). The lowest BCUT2D eigenvalue weighted by molar-refractivity contribution is 0.102. The summed E-state index contributed by atoms with van der Waals surface area (Å²) in [5.41, 5.74) is 7.91. The lowest BCUT2D eigenvalue weighted by Crippen LogP contribution is -2.28. The van der Waals surface area contributed by atoms with E-state index in [4.69, 9.17) is 10.8 Å². The molecular weight excluding hydrogens is 288 g/mol. The molecule has 4 N–H and O–H groups in total. The zero-order valence-corrected chi connectivity index (χ0v) is 12.3. The Morgan fingerprint density at radius 1 is 1.10 bits per heavy atom. The number of nitrogens with one attached hydrogen (secondary N) is 1. The average Bonchev–Trinajstić information content (AvgIpc) is 2.48. The van der Waals surface area contributed by atoms with Crippen LogP contribution in [0.3, 0.4) is 0 Å². The standard InChI is InChI=1S/C16H18N2O2.ClH/c17-13(11-19)10-12-6-4-5-9-15(12)16(20)18-14-7-2-1-3-8-14;/h1-9,13,19H,10-11,17H2,(H,18,20);1H/t13-;/m1./s1. The van der Waals surface area contributed by atoms with Crippen molar-refractivity contribution >= 4 is 24.0 Å². The Labute approximate surface area is 130 Å². The molecular formula is C16H19ClN2O2. The molecule has 0 unspecified atom stereocenters. The van der Waals surface area contributed by atoms with Crippen LogP contribution in [0.2, 0.25) is 0 Å². The monoisotopic (exact) mass is 306 g/mol. The van der Waals surface area contributed by atoms with E-state index in [1.807, 2.05) is 48.5 Å². The molecule has 2 aromatic rings. The summed E-state index contributed by atoms with van der Waals surface area (Å²) in [7, 11) is 0. The maximum Gasteiger partial charge on any atom is 0.255 e. The van der Waals surface area contributed by atoms with Crippen LogP contribution in [0, 0.1) is 0 Å². The van der Waals surface area contributed by atoms with Crippen molar-refractivity contribution in [2.75, 3.05) is 11.9 Å². The fraction of sp³-hybridized carbons (Fsp3) is 0.188. The van der Waals surface area contributed by atoms with Gasteiger partial charge in [-0.25, -0.2) is 0 Å². The predicted octanol–water partition coefficient (Wildman–Crippen LogP) is 2.22. The zero-order valence-electron chi connectivity index (χ0n) is 11.5. The van der Waals surface area contributed by atoms with Gasteiger partial charge >= 0.3 is 0 Å². The third kappa shape index (κ3) is 4.86. The van der Waals surface area contributed by atoms with Gasteiger partial charge in [-0.05, 0) is 30.2 Å². The number of halogens is 1. The van der Waals surface area contributed by atoms with Gasteiger partial charge < -0.3 is 16.2 Å². The molecule has 1 amide bonds. The van der Waals surface area contributed by atoms with Crippen LogP contribution in [-0.4, -0.2) is 23.7 Å². The molecule has 0 aliphatic heterocycles. The molecule has 21 heavy (non-hydrogen) atoms. The minimum absolute atomic E-state index is 0. The fourth-order valence-corrected chi connectivity index (χ4v) is 1.99. The number of carbonyl (C=O) groups is 1. The molecule has 0 bridgehead atoms. The maximum absolute atomic E-state index is 12.3. The summed E-state index contributed by atoms with van der Waals surface area (Å²) < 4.78 is 0. The van der Waals surface area contributed by atoms with Crippen molar-refractivity contribution in [1.29, 1.82) is 0 Å². The number of carbonyl (C=O) groups excluding carboxylic acids is 1. The van der Waals surface area contributed by atoms with Gasteiger partial charge in [-0.15, -0.1) is 12.4 Å². The van der Waals surface area contributed by atoms with E-state index in [9.17, 15) is 4.79 Å². The van der Waals surface area contributed by atoms with Crippen molar-refractivity contribution in [3.63, 3.8) is 0 Å². The minimum Gasteiger partial charge on any atom is -0.395 e. The Bertz CT molecular complexity index is 575. The summed E-state index contributed by atoms with van der Waals surface area (Å²) in [5.74, 6) is -0.170. The second kappa shape index (κ2) is 8.42. The van der Waals surface area contributed by atoms with Crippen molar-refractivity contribution < 1.29 is 9.90 Å². The zero-order chi connectivity index (χ0) is 14.4. The van der Waals surface area contributed by atoms with Gasteiger partial charge in [-0.3, -0.25) is 4.79 Å². The van der Waals surface area contributed by atoms with Gasteiger partial charge in [0.2, 0.25) is 0 Å². The van der Waals surface area contributed by atoms with E-state index in [1.54, 1.807) is 6.07 Å². The van der Waals surface area contributed by atoms with E-state index in [2.05, 4.69) is 5.32 Å². The van der Waals surface area contributed by atoms with E-state index in [1.165, 1.54) is 0 Å². The number of para-hydroxylation sites is 1. The molecule has 2 aromatic carbocycles. The summed E-state index contributed by atoms with van der Waals surface area (Å²) in [6.07, 6.45) is 0.467. The number of aliphatic hydroxyl groups is 1. The van der Waals surface area contributed by atoms with Gasteiger partial charge in [0.25, 0.3) is 5.91 Å². The summed E-state index contributed by atoms with van der Waals surface area (Å²) in [6, 6.07) is 16.2. The third-order valence-corrected chi connectivity index (χ3v) is 3.01. The number of hydrogen-bond donors (Lipinski definition) is 3. The third-order valence-electron chi connectivity index (χ3n) is 3.01. The Hall–Kier alpha value is -1.88. The molecule has 1 atom stereocenters. The highest BCUT2D eigenvalue weighted by Gasteiger charge is 2.13. The number of rotatable bonds is 5. The second-order valence-corrected chi connectivity index (χ2v) is 4.62. The Morgan fingerprint density at radius 2 is 1.71 bits per heavy atom. The van der Waals surface area contributed by atoms with Gasteiger partial charge in [-0.1, -0.05) is 36.4 Å². The maximum atomic E-state index is 12.3. The molecule has 0 heterocycles. The van der Waals surface area contributed by atoms with Gasteiger partial charge in [0.15, 0.2) is 0 Å². The largest absolute Gasteiger partial charge is 0.395 e. The SMILES string of the molecule is Cl.N[C@@H](CO)Cc1ccccc1C(=O)Nc1ccccc1. The van der Waals surface area contributed by atoms with Crippen LogP contribution < -0.4 is 11.1 Å². The molecule has 5 heteroatoms. The highest BCUT2D eigenvalue weighted by atomic mass is 35.5. The summed E-state index contributed by atoms with van der Waals surface area (Å²) in [5, 5.41) is 11.9. The van der Waals surface area contributed by atoms with Crippen LogP contribution in [0.15, 0.2) is 54.6 Å². The van der Waals surface area contributed by atoms with Crippen molar-refractivity contribution in [1.82, 2.24) is 0 Å². The van der Waals surface area contributed by atoms with Crippen molar-refractivity contribution in [3.05, 3.63) is 65.7 Å². The number of hydrogen-bond acceptors (Lipinski definition) is 3. The molecule has 0 aliphatic carbocycles. The highest BCUT2D eigenvalue weighted by molar-refractivity contribution is 6.05. The molecule has 0 aliphatic rings. The Morgan fingerprint density at radius 3 is 2.38 bits per heavy atom. The van der Waals surface area contributed by atoms with Crippen LogP contribution in [0.1, 0.15) is 15.9 Å². The first-order chi connectivity index (χ1) is 9.70. The Kier molecular flexibility index (Phi) is 6.88. The summed E-state index contributed by atoms with van der Waals surface area (Å²) >= 11 is 0. The van der Waals surface area contributed by atoms with Gasteiger partial charge in [0.1, 0.15) is 0 Å². The second-order valence-electron chi connectivity index (χ2n) is 4.62. The molecule has 112 valence electrons. The minimum atomic E-state index is -0.360. The van der Waals surface area contributed by atoms with Gasteiger partial charge in [-0.2, -0.15) is 0 Å². The molecule has 0 radical (unpaired) electrons. The smallest absolute Gasteiger partial charge is 0.255 e. The van der Waals surface area contributed by atoms with E-state index >= 15 is 0 Å². The lowest BCUT2D eigenvalue weighted by Gasteiger charge is -2.13. The first-order valence-electron chi connectivity index (χ1n) is 6.51. The normalized spacial score (nSPS) is 11.3. The molecule has 0 fully saturated rings. The lowest BCUT2D eigenvalue weighted by atomic mass is 10.0. The number of nitrogens with two attached hydrogens (primary N) is 1. The molecule has 0 saturated carbocycles. The van der Waals surface area contributed by atoms with Crippen molar-refractivity contribution in [3.8, 4) is 0 Å². The Balaban J connectivity index is 0.00000220. The van der Waals surface area contributed by atoms with E-state index in [-0.39, 0.29) is 31.0 Å². The summed E-state index contributed by atoms with van der Waals surface area (Å²) in [6.45, 7) is -0.103. The topological polar surface area (TPSA) is 75.3 Å². The van der Waals surface area contributed by atoms with Crippen LogP contribution in [0.4, 0.5) is 5.69 Å². The number of amides is 1. The predicted molar refractivity (Wildman–Crippen MR) is 86.9 cm³/mol. The first-order valence-corrected chi connectivity index (χ1v) is 6.51. The summed E-state index contributed by atoms with van der Waals surface area (Å²) in [4.78, 5) is 12.3. The van der Waals surface area contributed by atoms with Gasteiger partial charge in [0, 0.05) is 17.3 Å². The quantitative estimate of drug-likeness (QED) is 0.793. The van der Waals surface area contributed by atoms with E-state index in [0.717, 1.165) is 11.3 Å². The molecule has 0 saturated heterocycles. The van der Waals surface area contributed by atoms with Crippen molar-refractivity contribution in [2.24, 2.45) is 5.73 Å². The van der Waals surface area contributed by atoms with E-state index in [0.29, 0.717) is 12.0 Å². The average molecular weight is 307 g/mol. The molecule has 4 nitrogen and oxygen atoms in total. The van der Waals surface area contributed by atoms with Crippen LogP contribution in [0.25, 0.3) is 0 Å². The number of benzene rings is 2. The number of anilines is 1. The highest BCUT2D eigenvalue weighted by Crippen LogP contribution is 2.14. The van der Waals surface area contributed by atoms with Crippen LogP contribution >= 0.6 is 12.4 Å².